The van der Waals surface area contributed by atoms with E-state index in [0.29, 0.717) is 24.4 Å². The predicted molar refractivity (Wildman–Crippen MR) is 72.8 cm³/mol. The van der Waals surface area contributed by atoms with E-state index in [1.54, 1.807) is 12.1 Å². The lowest BCUT2D eigenvalue weighted by Crippen LogP contribution is -2.12. The van der Waals surface area contributed by atoms with Crippen molar-refractivity contribution in [1.82, 2.24) is 0 Å². The second-order valence-electron chi connectivity index (χ2n) is 4.13. The molecule has 6 nitrogen and oxygen atoms in total. The number of carboxylic acids is 1. The first-order valence-corrected chi connectivity index (χ1v) is 7.72. The largest absolute Gasteiger partial charge is 0.497 e. The molecule has 0 saturated heterocycles. The minimum atomic E-state index is -3.00. The number of hydrogen-bond acceptors (Lipinski definition) is 5. The number of hydrogen-bond donors (Lipinski definition) is 2. The second-order valence-corrected chi connectivity index (χ2v) is 6.39. The number of rotatable bonds is 7. The molecule has 106 valence electrons. The zero-order chi connectivity index (χ0) is 14.5. The van der Waals surface area contributed by atoms with Gasteiger partial charge in [-0.15, -0.1) is 0 Å². The van der Waals surface area contributed by atoms with Crippen molar-refractivity contribution in [3.8, 4) is 5.75 Å². The molecule has 0 unspecified atom stereocenters. The molecule has 0 heterocycles. The van der Waals surface area contributed by atoms with Gasteiger partial charge in [-0.1, -0.05) is 0 Å². The van der Waals surface area contributed by atoms with Crippen molar-refractivity contribution in [2.75, 3.05) is 31.0 Å². The van der Waals surface area contributed by atoms with Crippen LogP contribution >= 0.6 is 0 Å². The van der Waals surface area contributed by atoms with E-state index in [1.807, 2.05) is 0 Å². The molecule has 0 amide bonds. The third kappa shape index (κ3) is 5.17. The first-order chi connectivity index (χ1) is 8.83. The Kier molecular flexibility index (Phi) is 5.17. The molecule has 0 saturated carbocycles. The molecule has 0 atom stereocenters. The van der Waals surface area contributed by atoms with E-state index < -0.39 is 15.8 Å². The molecule has 2 N–H and O–H groups in total. The van der Waals surface area contributed by atoms with Crippen LogP contribution in [0.5, 0.6) is 5.75 Å². The van der Waals surface area contributed by atoms with Crippen molar-refractivity contribution in [3.63, 3.8) is 0 Å². The van der Waals surface area contributed by atoms with Crippen molar-refractivity contribution in [1.29, 1.82) is 0 Å². The maximum Gasteiger partial charge on any atom is 0.337 e. The molecule has 7 heteroatoms. The van der Waals surface area contributed by atoms with E-state index in [2.05, 4.69) is 5.32 Å². The van der Waals surface area contributed by atoms with Crippen molar-refractivity contribution in [2.45, 2.75) is 6.42 Å². The first-order valence-electron chi connectivity index (χ1n) is 5.66. The Balaban J connectivity index is 2.72. The van der Waals surface area contributed by atoms with Crippen molar-refractivity contribution < 1.29 is 23.1 Å². The standard InChI is InChI=1S/C12H17NO5S/c1-18-9-4-5-10(12(14)15)11(8-9)13-6-3-7-19(2,16)17/h4-5,8,13H,3,6-7H2,1-2H3,(H,14,15). The van der Waals surface area contributed by atoms with Crippen LogP contribution in [0.25, 0.3) is 0 Å². The van der Waals surface area contributed by atoms with Crippen LogP contribution in [0.1, 0.15) is 16.8 Å². The number of carbonyl (C=O) groups is 1. The summed E-state index contributed by atoms with van der Waals surface area (Å²) in [7, 11) is -1.51. The molecule has 0 fully saturated rings. The molecule has 1 rings (SSSR count). The van der Waals surface area contributed by atoms with Gasteiger partial charge >= 0.3 is 5.97 Å². The maximum absolute atomic E-state index is 11.0. The summed E-state index contributed by atoms with van der Waals surface area (Å²) in [6, 6.07) is 4.58. The Morgan fingerprint density at radius 2 is 2.11 bits per heavy atom. The average Bonchev–Trinajstić information content (AvgIpc) is 2.33. The summed E-state index contributed by atoms with van der Waals surface area (Å²) in [4.78, 5) is 11.0. The highest BCUT2D eigenvalue weighted by molar-refractivity contribution is 7.90. The highest BCUT2D eigenvalue weighted by Crippen LogP contribution is 2.22. The third-order valence-corrected chi connectivity index (χ3v) is 3.49. The topological polar surface area (TPSA) is 92.7 Å². The van der Waals surface area contributed by atoms with Gasteiger partial charge in [0.25, 0.3) is 0 Å². The highest BCUT2D eigenvalue weighted by atomic mass is 32.2. The molecule has 0 aromatic heterocycles. The number of sulfone groups is 1. The van der Waals surface area contributed by atoms with Gasteiger partial charge in [0, 0.05) is 18.9 Å². The summed E-state index contributed by atoms with van der Waals surface area (Å²) in [6.07, 6.45) is 1.58. The van der Waals surface area contributed by atoms with Crippen LogP contribution in [0, 0.1) is 0 Å². The number of methoxy groups -OCH3 is 1. The van der Waals surface area contributed by atoms with E-state index >= 15 is 0 Å². The lowest BCUT2D eigenvalue weighted by Gasteiger charge is -2.11. The minimum absolute atomic E-state index is 0.0619. The molecule has 1 aromatic carbocycles. The van der Waals surface area contributed by atoms with Gasteiger partial charge < -0.3 is 15.2 Å². The van der Waals surface area contributed by atoms with Gasteiger partial charge in [0.15, 0.2) is 0 Å². The molecule has 0 aliphatic carbocycles. The second kappa shape index (κ2) is 6.42. The number of ether oxygens (including phenoxy) is 1. The van der Waals surface area contributed by atoms with Gasteiger partial charge in [0.1, 0.15) is 15.6 Å². The van der Waals surface area contributed by atoms with Crippen LogP contribution in [0.3, 0.4) is 0 Å². The van der Waals surface area contributed by atoms with Gasteiger partial charge in [-0.25, -0.2) is 13.2 Å². The third-order valence-electron chi connectivity index (χ3n) is 2.46. The van der Waals surface area contributed by atoms with Gasteiger partial charge in [-0.05, 0) is 18.6 Å². The van der Waals surface area contributed by atoms with Crippen LogP contribution < -0.4 is 10.1 Å². The normalized spacial score (nSPS) is 11.1. The first kappa shape index (κ1) is 15.3. The summed E-state index contributed by atoms with van der Waals surface area (Å²) in [5, 5.41) is 12.0. The zero-order valence-corrected chi connectivity index (χ0v) is 11.7. The van der Waals surface area contributed by atoms with E-state index in [1.165, 1.54) is 19.4 Å². The number of carboxylic acid groups (broad SMARTS) is 1. The van der Waals surface area contributed by atoms with Gasteiger partial charge in [0.2, 0.25) is 0 Å². The molecule has 19 heavy (non-hydrogen) atoms. The van der Waals surface area contributed by atoms with Crippen LogP contribution in [0.15, 0.2) is 18.2 Å². The fourth-order valence-electron chi connectivity index (χ4n) is 1.54. The molecule has 0 bridgehead atoms. The Labute approximate surface area is 112 Å². The van der Waals surface area contributed by atoms with Crippen molar-refractivity contribution in [3.05, 3.63) is 23.8 Å². The molecule has 0 aliphatic heterocycles. The summed E-state index contributed by atoms with van der Waals surface area (Å²) in [5.74, 6) is -0.448. The van der Waals surface area contributed by atoms with Crippen LogP contribution in [-0.4, -0.2) is 45.2 Å². The lowest BCUT2D eigenvalue weighted by molar-refractivity contribution is 0.0698. The number of aromatic carboxylic acids is 1. The Hall–Kier alpha value is -1.76. The summed E-state index contributed by atoms with van der Waals surface area (Å²) < 4.78 is 27.0. The summed E-state index contributed by atoms with van der Waals surface area (Å²) in [6.45, 7) is 0.376. The van der Waals surface area contributed by atoms with Crippen LogP contribution in [0.4, 0.5) is 5.69 Å². The van der Waals surface area contributed by atoms with E-state index in [-0.39, 0.29) is 11.3 Å². The molecule has 0 radical (unpaired) electrons. The Morgan fingerprint density at radius 3 is 2.63 bits per heavy atom. The van der Waals surface area contributed by atoms with Gasteiger partial charge in [-0.3, -0.25) is 0 Å². The zero-order valence-electron chi connectivity index (χ0n) is 10.8. The van der Waals surface area contributed by atoms with Gasteiger partial charge in [0.05, 0.1) is 24.1 Å². The van der Waals surface area contributed by atoms with Crippen molar-refractivity contribution >= 4 is 21.5 Å². The fraction of sp³-hybridized carbons (Fsp3) is 0.417. The van der Waals surface area contributed by atoms with Crippen LogP contribution in [0.2, 0.25) is 0 Å². The quantitative estimate of drug-likeness (QED) is 0.733. The average molecular weight is 287 g/mol. The van der Waals surface area contributed by atoms with E-state index in [0.717, 1.165) is 0 Å². The van der Waals surface area contributed by atoms with E-state index in [9.17, 15) is 13.2 Å². The number of nitrogens with one attached hydrogen (secondary N) is 1. The molecular weight excluding hydrogens is 270 g/mol. The van der Waals surface area contributed by atoms with Crippen LogP contribution in [-0.2, 0) is 9.84 Å². The smallest absolute Gasteiger partial charge is 0.337 e. The fourth-order valence-corrected chi connectivity index (χ4v) is 2.21. The number of benzene rings is 1. The minimum Gasteiger partial charge on any atom is -0.497 e. The molecular formula is C12H17NO5S. The Morgan fingerprint density at radius 1 is 1.42 bits per heavy atom. The summed E-state index contributed by atoms with van der Waals surface area (Å²) >= 11 is 0. The lowest BCUT2D eigenvalue weighted by atomic mass is 10.1. The maximum atomic E-state index is 11.0. The Bertz CT molecular complexity index is 553. The SMILES string of the molecule is COc1ccc(C(=O)O)c(NCCCS(C)(=O)=O)c1. The molecule has 1 aromatic rings. The number of anilines is 1. The molecule has 0 aliphatic rings. The molecule has 0 spiro atoms. The van der Waals surface area contributed by atoms with Crippen molar-refractivity contribution in [2.24, 2.45) is 0 Å². The monoisotopic (exact) mass is 287 g/mol. The highest BCUT2D eigenvalue weighted by Gasteiger charge is 2.11. The summed E-state index contributed by atoms with van der Waals surface area (Å²) in [5.41, 5.74) is 0.542. The predicted octanol–water partition coefficient (Wildman–Crippen LogP) is 1.24. The van der Waals surface area contributed by atoms with Gasteiger partial charge in [-0.2, -0.15) is 0 Å². The van der Waals surface area contributed by atoms with E-state index in [4.69, 9.17) is 9.84 Å².